The molecule has 2 unspecified atom stereocenters. The van der Waals surface area contributed by atoms with Crippen molar-refractivity contribution in [2.24, 2.45) is 5.73 Å². The second kappa shape index (κ2) is 6.70. The van der Waals surface area contributed by atoms with Gasteiger partial charge in [0, 0.05) is 21.8 Å². The maximum Gasteiger partial charge on any atom is 0.234 e. The van der Waals surface area contributed by atoms with E-state index < -0.39 is 0 Å². The van der Waals surface area contributed by atoms with Gasteiger partial charge in [0.05, 0.1) is 12.6 Å². The van der Waals surface area contributed by atoms with Crippen LogP contribution in [0.25, 0.3) is 0 Å². The summed E-state index contributed by atoms with van der Waals surface area (Å²) in [6, 6.07) is 4.83. The van der Waals surface area contributed by atoms with Crippen molar-refractivity contribution in [2.45, 2.75) is 51.2 Å². The summed E-state index contributed by atoms with van der Waals surface area (Å²) >= 11 is 1.77. The molecule has 1 amide bonds. The highest BCUT2D eigenvalue weighted by atomic mass is 32.1. The first-order chi connectivity index (χ1) is 9.51. The average molecular weight is 295 g/mol. The smallest absolute Gasteiger partial charge is 0.234 e. The van der Waals surface area contributed by atoms with Crippen molar-refractivity contribution in [3.05, 3.63) is 21.9 Å². The number of thiophene rings is 1. The van der Waals surface area contributed by atoms with Gasteiger partial charge < -0.3 is 11.1 Å². The fourth-order valence-corrected chi connectivity index (χ4v) is 3.54. The van der Waals surface area contributed by atoms with Gasteiger partial charge in [-0.15, -0.1) is 11.3 Å². The third-order valence-electron chi connectivity index (χ3n) is 3.74. The molecule has 5 heteroatoms. The van der Waals surface area contributed by atoms with E-state index in [9.17, 15) is 4.79 Å². The van der Waals surface area contributed by atoms with Crippen LogP contribution in [0.1, 0.15) is 42.0 Å². The minimum absolute atomic E-state index is 0.0479. The van der Waals surface area contributed by atoms with Crippen LogP contribution >= 0.6 is 11.3 Å². The van der Waals surface area contributed by atoms with E-state index in [1.807, 2.05) is 7.05 Å². The Labute approximate surface area is 125 Å². The molecule has 0 radical (unpaired) electrons. The van der Waals surface area contributed by atoms with E-state index in [1.54, 1.807) is 11.3 Å². The van der Waals surface area contributed by atoms with E-state index in [0.29, 0.717) is 12.6 Å². The van der Waals surface area contributed by atoms with Gasteiger partial charge in [0.2, 0.25) is 5.91 Å². The van der Waals surface area contributed by atoms with E-state index in [1.165, 1.54) is 9.75 Å². The average Bonchev–Trinajstić information content (AvgIpc) is 3.10. The summed E-state index contributed by atoms with van der Waals surface area (Å²) in [5.41, 5.74) is 6.28. The molecule has 1 aliphatic carbocycles. The van der Waals surface area contributed by atoms with Gasteiger partial charge in [-0.2, -0.15) is 0 Å². The number of hydrogen-bond acceptors (Lipinski definition) is 4. The molecule has 1 aromatic rings. The molecule has 1 saturated carbocycles. The van der Waals surface area contributed by atoms with Gasteiger partial charge in [0.1, 0.15) is 0 Å². The van der Waals surface area contributed by atoms with Crippen molar-refractivity contribution in [1.82, 2.24) is 10.2 Å². The van der Waals surface area contributed by atoms with Crippen LogP contribution in [0.2, 0.25) is 0 Å². The van der Waals surface area contributed by atoms with Crippen molar-refractivity contribution in [1.29, 1.82) is 0 Å². The lowest BCUT2D eigenvalue weighted by Gasteiger charge is -2.31. The SMILES string of the molecule is CCC(N)C(c1ccc(C)s1)N(C)CC(=O)NC1CC1. The lowest BCUT2D eigenvalue weighted by Crippen LogP contribution is -2.43. The molecule has 112 valence electrons. The van der Waals surface area contributed by atoms with Crippen molar-refractivity contribution in [2.75, 3.05) is 13.6 Å². The van der Waals surface area contributed by atoms with Crippen molar-refractivity contribution < 1.29 is 4.79 Å². The second-order valence-corrected chi connectivity index (χ2v) is 7.04. The van der Waals surface area contributed by atoms with Gasteiger partial charge in [-0.1, -0.05) is 6.92 Å². The van der Waals surface area contributed by atoms with Gasteiger partial charge in [-0.3, -0.25) is 9.69 Å². The second-order valence-electron chi connectivity index (χ2n) is 5.72. The van der Waals surface area contributed by atoms with Crippen molar-refractivity contribution in [3.8, 4) is 0 Å². The molecule has 0 aliphatic heterocycles. The maximum atomic E-state index is 12.0. The highest BCUT2D eigenvalue weighted by Crippen LogP contribution is 2.30. The molecular weight excluding hydrogens is 270 g/mol. The van der Waals surface area contributed by atoms with Crippen molar-refractivity contribution in [3.63, 3.8) is 0 Å². The topological polar surface area (TPSA) is 58.4 Å². The molecular formula is C15H25N3OS. The molecule has 1 heterocycles. The summed E-state index contributed by atoms with van der Waals surface area (Å²) in [7, 11) is 1.99. The van der Waals surface area contributed by atoms with Gasteiger partial charge in [0.25, 0.3) is 0 Å². The number of aryl methyl sites for hydroxylation is 1. The van der Waals surface area contributed by atoms with E-state index in [2.05, 4.69) is 36.2 Å². The highest BCUT2D eigenvalue weighted by Gasteiger charge is 2.28. The van der Waals surface area contributed by atoms with Crippen LogP contribution in [-0.2, 0) is 4.79 Å². The largest absolute Gasteiger partial charge is 0.352 e. The molecule has 4 nitrogen and oxygen atoms in total. The number of likely N-dealkylation sites (N-methyl/N-ethyl adjacent to an activating group) is 1. The Bertz CT molecular complexity index is 456. The van der Waals surface area contributed by atoms with Crippen molar-refractivity contribution >= 4 is 17.2 Å². The van der Waals surface area contributed by atoms with Gasteiger partial charge in [-0.25, -0.2) is 0 Å². The molecule has 20 heavy (non-hydrogen) atoms. The molecule has 0 aromatic carbocycles. The summed E-state index contributed by atoms with van der Waals surface area (Å²) in [5.74, 6) is 0.108. The molecule has 1 fully saturated rings. The Balaban J connectivity index is 2.03. The molecule has 1 aromatic heterocycles. The zero-order valence-electron chi connectivity index (χ0n) is 12.6. The van der Waals surface area contributed by atoms with Gasteiger partial charge in [0.15, 0.2) is 0 Å². The van der Waals surface area contributed by atoms with Gasteiger partial charge >= 0.3 is 0 Å². The third-order valence-corrected chi connectivity index (χ3v) is 4.81. The third kappa shape index (κ3) is 4.04. The first-order valence-corrected chi connectivity index (χ1v) is 8.14. The lowest BCUT2D eigenvalue weighted by molar-refractivity contribution is -0.122. The minimum Gasteiger partial charge on any atom is -0.352 e. The van der Waals surface area contributed by atoms with Crippen LogP contribution in [0.4, 0.5) is 0 Å². The maximum absolute atomic E-state index is 12.0. The number of carbonyl (C=O) groups excluding carboxylic acids is 1. The van der Waals surface area contributed by atoms with Crippen LogP contribution in [-0.4, -0.2) is 36.5 Å². The molecule has 2 atom stereocenters. The molecule has 3 N–H and O–H groups in total. The zero-order chi connectivity index (χ0) is 14.7. The number of nitrogens with two attached hydrogens (primary N) is 1. The van der Waals surface area contributed by atoms with Gasteiger partial charge in [-0.05, 0) is 45.4 Å². The Hall–Kier alpha value is -0.910. The normalized spacial score (nSPS) is 18.1. The molecule has 0 spiro atoms. The number of hydrogen-bond donors (Lipinski definition) is 2. The Morgan fingerprint density at radius 1 is 1.55 bits per heavy atom. The summed E-state index contributed by atoms with van der Waals surface area (Å²) in [5, 5.41) is 3.04. The monoisotopic (exact) mass is 295 g/mol. The van der Waals surface area contributed by atoms with E-state index >= 15 is 0 Å². The summed E-state index contributed by atoms with van der Waals surface area (Å²) in [6.07, 6.45) is 3.14. The lowest BCUT2D eigenvalue weighted by atomic mass is 10.0. The summed E-state index contributed by atoms with van der Waals surface area (Å²) in [6.45, 7) is 4.60. The first kappa shape index (κ1) is 15.5. The zero-order valence-corrected chi connectivity index (χ0v) is 13.4. The first-order valence-electron chi connectivity index (χ1n) is 7.32. The number of rotatable bonds is 7. The van der Waals surface area contributed by atoms with Crippen LogP contribution in [0.5, 0.6) is 0 Å². The number of nitrogens with zero attached hydrogens (tertiary/aromatic N) is 1. The van der Waals surface area contributed by atoms with Crippen LogP contribution < -0.4 is 11.1 Å². The van der Waals surface area contributed by atoms with Crippen LogP contribution in [0.15, 0.2) is 12.1 Å². The van der Waals surface area contributed by atoms with Crippen LogP contribution in [0.3, 0.4) is 0 Å². The quantitative estimate of drug-likeness (QED) is 0.809. The predicted octanol–water partition coefficient (Wildman–Crippen LogP) is 2.05. The van der Waals surface area contributed by atoms with E-state index in [-0.39, 0.29) is 18.0 Å². The van der Waals surface area contributed by atoms with Crippen LogP contribution in [0, 0.1) is 6.92 Å². The Morgan fingerprint density at radius 2 is 2.25 bits per heavy atom. The van der Waals surface area contributed by atoms with E-state index in [0.717, 1.165) is 19.3 Å². The standard InChI is InChI=1S/C15H25N3OS/c1-4-12(16)15(13-8-5-10(2)20-13)18(3)9-14(19)17-11-6-7-11/h5,8,11-12,15H,4,6-7,9,16H2,1-3H3,(H,17,19). The molecule has 0 bridgehead atoms. The molecule has 0 saturated heterocycles. The number of carbonyl (C=O) groups is 1. The summed E-state index contributed by atoms with van der Waals surface area (Å²) < 4.78 is 0. The number of nitrogens with one attached hydrogen (secondary N) is 1. The minimum atomic E-state index is 0.0479. The molecule has 1 aliphatic rings. The number of amides is 1. The fourth-order valence-electron chi connectivity index (χ4n) is 2.42. The summed E-state index contributed by atoms with van der Waals surface area (Å²) in [4.78, 5) is 16.6. The predicted molar refractivity (Wildman–Crippen MR) is 83.9 cm³/mol. The fraction of sp³-hybridized carbons (Fsp3) is 0.667. The van der Waals surface area contributed by atoms with E-state index in [4.69, 9.17) is 5.73 Å². The highest BCUT2D eigenvalue weighted by molar-refractivity contribution is 7.12. The molecule has 2 rings (SSSR count). The Morgan fingerprint density at radius 3 is 2.75 bits per heavy atom. The Kier molecular flexibility index (Phi) is 5.18.